The van der Waals surface area contributed by atoms with Gasteiger partial charge in [0, 0.05) is 18.1 Å². The number of rotatable bonds is 3. The van der Waals surface area contributed by atoms with Gasteiger partial charge in [0.1, 0.15) is 4.88 Å². The van der Waals surface area contributed by atoms with Gasteiger partial charge < -0.3 is 11.1 Å². The first-order valence-electron chi connectivity index (χ1n) is 4.18. The number of carbonyl (C=O) groups is 1. The van der Waals surface area contributed by atoms with Crippen LogP contribution in [0.15, 0.2) is 30.7 Å². The smallest absolute Gasteiger partial charge is 0.260 e. The highest BCUT2D eigenvalue weighted by molar-refractivity contribution is 7.17. The molecule has 0 aromatic carbocycles. The highest BCUT2D eigenvalue weighted by Gasteiger charge is 2.06. The number of nitrogens with zero attached hydrogens (tertiary/aromatic N) is 2. The van der Waals surface area contributed by atoms with Gasteiger partial charge in [-0.3, -0.25) is 9.78 Å². The van der Waals surface area contributed by atoms with Crippen molar-refractivity contribution in [3.63, 3.8) is 0 Å². The van der Waals surface area contributed by atoms with E-state index in [2.05, 4.69) is 15.3 Å². The summed E-state index contributed by atoms with van der Waals surface area (Å²) in [5.41, 5.74) is 5.98. The molecule has 2 heterocycles. The third kappa shape index (κ3) is 2.29. The SMILES string of the molecule is NC(=O)c1cnc(Nc2ccncc2)s1. The summed E-state index contributed by atoms with van der Waals surface area (Å²) in [5.74, 6) is -0.463. The van der Waals surface area contributed by atoms with E-state index in [0.717, 1.165) is 5.69 Å². The van der Waals surface area contributed by atoms with Crippen molar-refractivity contribution in [3.8, 4) is 0 Å². The average Bonchev–Trinajstić information content (AvgIpc) is 2.68. The first-order chi connectivity index (χ1) is 7.25. The Kier molecular flexibility index (Phi) is 2.59. The van der Waals surface area contributed by atoms with Crippen LogP contribution >= 0.6 is 11.3 Å². The molecule has 0 fully saturated rings. The fourth-order valence-corrected chi connectivity index (χ4v) is 1.69. The number of carbonyl (C=O) groups excluding carboxylic acids is 1. The Labute approximate surface area is 90.0 Å². The molecule has 2 aromatic rings. The molecule has 0 aliphatic carbocycles. The molecule has 5 nitrogen and oxygen atoms in total. The maximum Gasteiger partial charge on any atom is 0.260 e. The summed E-state index contributed by atoms with van der Waals surface area (Å²) >= 11 is 1.22. The van der Waals surface area contributed by atoms with Gasteiger partial charge in [-0.25, -0.2) is 4.98 Å². The molecule has 0 unspecified atom stereocenters. The second kappa shape index (κ2) is 4.05. The van der Waals surface area contributed by atoms with Crippen LogP contribution in [-0.4, -0.2) is 15.9 Å². The molecule has 6 heteroatoms. The molecule has 2 rings (SSSR count). The molecule has 0 spiro atoms. The molecule has 0 aliphatic heterocycles. The van der Waals surface area contributed by atoms with E-state index in [1.165, 1.54) is 17.5 Å². The van der Waals surface area contributed by atoms with E-state index in [4.69, 9.17) is 5.73 Å². The topological polar surface area (TPSA) is 80.9 Å². The average molecular weight is 220 g/mol. The number of primary amides is 1. The minimum Gasteiger partial charge on any atom is -0.365 e. The third-order valence-corrected chi connectivity index (χ3v) is 2.61. The van der Waals surface area contributed by atoms with E-state index in [1.807, 2.05) is 12.1 Å². The van der Waals surface area contributed by atoms with Crippen LogP contribution in [0.4, 0.5) is 10.8 Å². The van der Waals surface area contributed by atoms with Gasteiger partial charge >= 0.3 is 0 Å². The largest absolute Gasteiger partial charge is 0.365 e. The van der Waals surface area contributed by atoms with Crippen LogP contribution in [0.5, 0.6) is 0 Å². The summed E-state index contributed by atoms with van der Waals surface area (Å²) in [7, 11) is 0. The summed E-state index contributed by atoms with van der Waals surface area (Å²) in [5, 5.41) is 3.67. The molecule has 0 radical (unpaired) electrons. The summed E-state index contributed by atoms with van der Waals surface area (Å²) in [6, 6.07) is 3.62. The molecule has 3 N–H and O–H groups in total. The van der Waals surface area contributed by atoms with E-state index < -0.39 is 5.91 Å². The van der Waals surface area contributed by atoms with Crippen molar-refractivity contribution in [2.75, 3.05) is 5.32 Å². The first kappa shape index (κ1) is 9.60. The first-order valence-corrected chi connectivity index (χ1v) is 5.00. The van der Waals surface area contributed by atoms with Crippen LogP contribution in [0.3, 0.4) is 0 Å². The predicted molar refractivity (Wildman–Crippen MR) is 58.2 cm³/mol. The highest BCUT2D eigenvalue weighted by atomic mass is 32.1. The summed E-state index contributed by atoms with van der Waals surface area (Å²) < 4.78 is 0. The van der Waals surface area contributed by atoms with E-state index in [9.17, 15) is 4.79 Å². The van der Waals surface area contributed by atoms with Crippen molar-refractivity contribution in [2.24, 2.45) is 5.73 Å². The van der Waals surface area contributed by atoms with Gasteiger partial charge in [0.25, 0.3) is 5.91 Å². The van der Waals surface area contributed by atoms with E-state index >= 15 is 0 Å². The summed E-state index contributed by atoms with van der Waals surface area (Å²) in [6.07, 6.45) is 4.80. The molecule has 0 saturated heterocycles. The lowest BCUT2D eigenvalue weighted by Gasteiger charge is -1.99. The number of thiazole rings is 1. The molecule has 2 aromatic heterocycles. The van der Waals surface area contributed by atoms with Gasteiger partial charge in [-0.15, -0.1) is 0 Å². The Balaban J connectivity index is 2.15. The van der Waals surface area contributed by atoms with Gasteiger partial charge in [-0.2, -0.15) is 0 Å². The fraction of sp³-hybridized carbons (Fsp3) is 0. The molecule has 0 saturated carbocycles. The Morgan fingerprint density at radius 3 is 2.73 bits per heavy atom. The molecule has 1 amide bonds. The van der Waals surface area contributed by atoms with Gasteiger partial charge in [0.15, 0.2) is 5.13 Å². The number of amides is 1. The van der Waals surface area contributed by atoms with E-state index in [-0.39, 0.29) is 0 Å². The second-order valence-corrected chi connectivity index (χ2v) is 3.79. The molecular formula is C9H8N4OS. The molecule has 0 bridgehead atoms. The number of hydrogen-bond donors (Lipinski definition) is 2. The molecule has 15 heavy (non-hydrogen) atoms. The normalized spacial score (nSPS) is 9.87. The number of nitrogens with one attached hydrogen (secondary N) is 1. The minimum absolute atomic E-state index is 0.437. The lowest BCUT2D eigenvalue weighted by atomic mass is 10.4. The Hall–Kier alpha value is -1.95. The molecule has 76 valence electrons. The minimum atomic E-state index is -0.463. The Bertz CT molecular complexity index is 468. The maximum absolute atomic E-state index is 10.8. The van der Waals surface area contributed by atoms with Crippen LogP contribution in [0.1, 0.15) is 9.67 Å². The molecular weight excluding hydrogens is 212 g/mol. The van der Waals surface area contributed by atoms with Crippen molar-refractivity contribution in [1.82, 2.24) is 9.97 Å². The van der Waals surface area contributed by atoms with E-state index in [0.29, 0.717) is 10.0 Å². The van der Waals surface area contributed by atoms with Crippen LogP contribution < -0.4 is 11.1 Å². The van der Waals surface area contributed by atoms with Crippen molar-refractivity contribution in [1.29, 1.82) is 0 Å². The van der Waals surface area contributed by atoms with Crippen molar-refractivity contribution in [3.05, 3.63) is 35.6 Å². The van der Waals surface area contributed by atoms with Crippen molar-refractivity contribution >= 4 is 28.1 Å². The third-order valence-electron chi connectivity index (χ3n) is 1.68. The standard InChI is InChI=1S/C9H8N4OS/c10-8(14)7-5-12-9(15-7)13-6-1-3-11-4-2-6/h1-5H,(H2,10,14)(H,11,12,13). The zero-order valence-electron chi connectivity index (χ0n) is 7.68. The number of hydrogen-bond acceptors (Lipinski definition) is 5. The van der Waals surface area contributed by atoms with Crippen LogP contribution in [0, 0.1) is 0 Å². The van der Waals surface area contributed by atoms with Crippen molar-refractivity contribution < 1.29 is 4.79 Å². The fourth-order valence-electron chi connectivity index (χ4n) is 1.00. The molecule has 0 atom stereocenters. The van der Waals surface area contributed by atoms with Gasteiger partial charge in [-0.05, 0) is 12.1 Å². The number of nitrogens with two attached hydrogens (primary N) is 1. The zero-order chi connectivity index (χ0) is 10.7. The Morgan fingerprint density at radius 1 is 1.40 bits per heavy atom. The quantitative estimate of drug-likeness (QED) is 0.818. The lowest BCUT2D eigenvalue weighted by molar-refractivity contribution is 0.100. The Morgan fingerprint density at radius 2 is 2.13 bits per heavy atom. The zero-order valence-corrected chi connectivity index (χ0v) is 8.49. The van der Waals surface area contributed by atoms with E-state index in [1.54, 1.807) is 12.4 Å². The van der Waals surface area contributed by atoms with Gasteiger partial charge in [-0.1, -0.05) is 11.3 Å². The highest BCUT2D eigenvalue weighted by Crippen LogP contribution is 2.21. The van der Waals surface area contributed by atoms with Crippen LogP contribution in [0.25, 0.3) is 0 Å². The van der Waals surface area contributed by atoms with Crippen LogP contribution in [-0.2, 0) is 0 Å². The summed E-state index contributed by atoms with van der Waals surface area (Å²) in [4.78, 5) is 19.2. The second-order valence-electron chi connectivity index (χ2n) is 2.75. The van der Waals surface area contributed by atoms with Gasteiger partial charge in [0.2, 0.25) is 0 Å². The lowest BCUT2D eigenvalue weighted by Crippen LogP contribution is -2.08. The molecule has 0 aliphatic rings. The van der Waals surface area contributed by atoms with Gasteiger partial charge in [0.05, 0.1) is 6.20 Å². The van der Waals surface area contributed by atoms with Crippen LogP contribution in [0.2, 0.25) is 0 Å². The summed E-state index contributed by atoms with van der Waals surface area (Å²) in [6.45, 7) is 0. The number of pyridine rings is 1. The number of anilines is 2. The number of aromatic nitrogens is 2. The maximum atomic E-state index is 10.8. The van der Waals surface area contributed by atoms with Crippen molar-refractivity contribution in [2.45, 2.75) is 0 Å². The monoisotopic (exact) mass is 220 g/mol. The predicted octanol–water partition coefficient (Wildman–Crippen LogP) is 1.38.